The molecule has 0 aromatic heterocycles. The van der Waals surface area contributed by atoms with Gasteiger partial charge in [0.2, 0.25) is 0 Å². The van der Waals surface area contributed by atoms with Crippen LogP contribution in [-0.2, 0) is 0 Å². The van der Waals surface area contributed by atoms with E-state index in [0.717, 1.165) is 25.7 Å². The summed E-state index contributed by atoms with van der Waals surface area (Å²) in [6.45, 7) is 2.47. The van der Waals surface area contributed by atoms with Crippen molar-refractivity contribution in [2.45, 2.75) is 38.2 Å². The molecule has 0 unspecified atom stereocenters. The van der Waals surface area contributed by atoms with E-state index in [4.69, 9.17) is 11.6 Å². The maximum absolute atomic E-state index is 11.8. The van der Waals surface area contributed by atoms with Gasteiger partial charge in [-0.2, -0.15) is 0 Å². The molecule has 5 heteroatoms. The van der Waals surface area contributed by atoms with Gasteiger partial charge in [-0.25, -0.2) is 4.79 Å². The third kappa shape index (κ3) is 4.12. The number of aliphatic hydroxyl groups is 1. The Bertz CT molecular complexity index is 471. The molecule has 2 rings (SSSR count). The van der Waals surface area contributed by atoms with Gasteiger partial charge in [-0.3, -0.25) is 0 Å². The number of amides is 2. The van der Waals surface area contributed by atoms with Gasteiger partial charge in [-0.05, 0) is 43.7 Å². The molecule has 20 heavy (non-hydrogen) atoms. The molecule has 2 amide bonds. The molecule has 0 heterocycles. The number of carbonyl (C=O) groups is 1. The number of anilines is 1. The molecule has 0 atom stereocenters. The first-order valence-electron chi connectivity index (χ1n) is 7.00. The standard InChI is InChI=1S/C15H21ClN2O2/c1-11-6-8-15(20,9-7-11)10-17-14(19)18-13-5-3-2-4-12(13)16/h2-5,11,20H,6-10H2,1H3,(H2,17,18,19). The van der Waals surface area contributed by atoms with E-state index in [2.05, 4.69) is 17.6 Å². The monoisotopic (exact) mass is 296 g/mol. The average Bonchev–Trinajstić information content (AvgIpc) is 2.43. The van der Waals surface area contributed by atoms with Gasteiger partial charge in [0, 0.05) is 6.54 Å². The van der Waals surface area contributed by atoms with Crippen LogP contribution in [0, 0.1) is 5.92 Å². The first kappa shape index (κ1) is 15.1. The zero-order chi connectivity index (χ0) is 14.6. The van der Waals surface area contributed by atoms with Gasteiger partial charge < -0.3 is 15.7 Å². The van der Waals surface area contributed by atoms with Crippen molar-refractivity contribution in [1.29, 1.82) is 0 Å². The fraction of sp³-hybridized carbons (Fsp3) is 0.533. The largest absolute Gasteiger partial charge is 0.388 e. The van der Waals surface area contributed by atoms with Gasteiger partial charge in [-0.1, -0.05) is 30.7 Å². The molecule has 0 radical (unpaired) electrons. The van der Waals surface area contributed by atoms with Gasteiger partial charge in [0.05, 0.1) is 16.3 Å². The van der Waals surface area contributed by atoms with Gasteiger partial charge in [0.1, 0.15) is 0 Å². The molecule has 0 aliphatic heterocycles. The van der Waals surface area contributed by atoms with Crippen molar-refractivity contribution in [3.05, 3.63) is 29.3 Å². The number of carbonyl (C=O) groups excluding carboxylic acids is 1. The third-order valence-electron chi connectivity index (χ3n) is 3.91. The normalized spacial score (nSPS) is 26.1. The number of rotatable bonds is 3. The molecule has 1 fully saturated rings. The van der Waals surface area contributed by atoms with Crippen molar-refractivity contribution in [2.24, 2.45) is 5.92 Å². The summed E-state index contributed by atoms with van der Waals surface area (Å²) in [6, 6.07) is 6.71. The fourth-order valence-corrected chi connectivity index (χ4v) is 2.63. The minimum atomic E-state index is -0.773. The summed E-state index contributed by atoms with van der Waals surface area (Å²) < 4.78 is 0. The van der Waals surface area contributed by atoms with Crippen LogP contribution in [0.25, 0.3) is 0 Å². The molecular weight excluding hydrogens is 276 g/mol. The Morgan fingerprint density at radius 2 is 2.05 bits per heavy atom. The van der Waals surface area contributed by atoms with Gasteiger partial charge in [0.15, 0.2) is 0 Å². The summed E-state index contributed by atoms with van der Waals surface area (Å²) >= 11 is 5.97. The van der Waals surface area contributed by atoms with E-state index >= 15 is 0 Å². The van der Waals surface area contributed by atoms with E-state index in [0.29, 0.717) is 16.6 Å². The van der Waals surface area contributed by atoms with Crippen molar-refractivity contribution in [2.75, 3.05) is 11.9 Å². The first-order chi connectivity index (χ1) is 9.48. The molecule has 0 spiro atoms. The highest BCUT2D eigenvalue weighted by Crippen LogP contribution is 2.31. The Hall–Kier alpha value is -1.26. The Balaban J connectivity index is 1.82. The van der Waals surface area contributed by atoms with Crippen molar-refractivity contribution in [3.8, 4) is 0 Å². The molecule has 1 aliphatic rings. The molecule has 1 aliphatic carbocycles. The number of halogens is 1. The summed E-state index contributed by atoms with van der Waals surface area (Å²) in [4.78, 5) is 11.8. The second-order valence-corrected chi connectivity index (χ2v) is 6.10. The van der Waals surface area contributed by atoms with Crippen LogP contribution >= 0.6 is 11.6 Å². The number of para-hydroxylation sites is 1. The lowest BCUT2D eigenvalue weighted by molar-refractivity contribution is -0.00356. The van der Waals surface area contributed by atoms with Crippen molar-refractivity contribution >= 4 is 23.3 Å². The van der Waals surface area contributed by atoms with Gasteiger partial charge in [0.25, 0.3) is 0 Å². The predicted octanol–water partition coefficient (Wildman–Crippen LogP) is 3.40. The quantitative estimate of drug-likeness (QED) is 0.800. The molecule has 0 bridgehead atoms. The summed E-state index contributed by atoms with van der Waals surface area (Å²) in [5.41, 5.74) is -0.208. The lowest BCUT2D eigenvalue weighted by Crippen LogP contribution is -2.46. The molecule has 1 aromatic rings. The second kappa shape index (κ2) is 6.46. The van der Waals surface area contributed by atoms with Crippen LogP contribution in [0.1, 0.15) is 32.6 Å². The van der Waals surface area contributed by atoms with Crippen LogP contribution in [0.15, 0.2) is 24.3 Å². The molecular formula is C15H21ClN2O2. The van der Waals surface area contributed by atoms with Crippen LogP contribution in [0.2, 0.25) is 5.02 Å². The van der Waals surface area contributed by atoms with Gasteiger partial charge >= 0.3 is 6.03 Å². The average molecular weight is 297 g/mol. The lowest BCUT2D eigenvalue weighted by Gasteiger charge is -2.34. The molecule has 4 nitrogen and oxygen atoms in total. The van der Waals surface area contributed by atoms with Crippen LogP contribution < -0.4 is 10.6 Å². The Kier molecular flexibility index (Phi) is 4.89. The zero-order valence-corrected chi connectivity index (χ0v) is 12.4. The van der Waals surface area contributed by atoms with E-state index in [1.165, 1.54) is 0 Å². The van der Waals surface area contributed by atoms with E-state index in [9.17, 15) is 9.90 Å². The van der Waals surface area contributed by atoms with E-state index in [1.807, 2.05) is 0 Å². The smallest absolute Gasteiger partial charge is 0.319 e. The Morgan fingerprint density at radius 1 is 1.40 bits per heavy atom. The SMILES string of the molecule is CC1CCC(O)(CNC(=O)Nc2ccccc2Cl)CC1. The maximum atomic E-state index is 11.8. The van der Waals surface area contributed by atoms with E-state index in [-0.39, 0.29) is 12.6 Å². The van der Waals surface area contributed by atoms with E-state index < -0.39 is 5.60 Å². The number of hydrogen-bond acceptors (Lipinski definition) is 2. The highest BCUT2D eigenvalue weighted by atomic mass is 35.5. The minimum Gasteiger partial charge on any atom is -0.388 e. The third-order valence-corrected chi connectivity index (χ3v) is 4.23. The fourth-order valence-electron chi connectivity index (χ4n) is 2.45. The predicted molar refractivity (Wildman–Crippen MR) is 81.1 cm³/mol. The number of nitrogens with one attached hydrogen (secondary N) is 2. The zero-order valence-electron chi connectivity index (χ0n) is 11.7. The van der Waals surface area contributed by atoms with Crippen LogP contribution in [0.4, 0.5) is 10.5 Å². The number of hydrogen-bond donors (Lipinski definition) is 3. The Labute approximate surface area is 124 Å². The highest BCUT2D eigenvalue weighted by molar-refractivity contribution is 6.33. The van der Waals surface area contributed by atoms with Crippen LogP contribution in [0.5, 0.6) is 0 Å². The molecule has 3 N–H and O–H groups in total. The second-order valence-electron chi connectivity index (χ2n) is 5.69. The summed E-state index contributed by atoms with van der Waals surface area (Å²) in [5, 5.41) is 16.3. The van der Waals surface area contributed by atoms with Gasteiger partial charge in [-0.15, -0.1) is 0 Å². The lowest BCUT2D eigenvalue weighted by atomic mass is 9.79. The van der Waals surface area contributed by atoms with Crippen molar-refractivity contribution in [1.82, 2.24) is 5.32 Å². The number of benzene rings is 1. The van der Waals surface area contributed by atoms with E-state index in [1.54, 1.807) is 24.3 Å². The van der Waals surface area contributed by atoms with Crippen molar-refractivity contribution < 1.29 is 9.90 Å². The first-order valence-corrected chi connectivity index (χ1v) is 7.38. The minimum absolute atomic E-state index is 0.274. The highest BCUT2D eigenvalue weighted by Gasteiger charge is 2.31. The maximum Gasteiger partial charge on any atom is 0.319 e. The molecule has 1 saturated carbocycles. The molecule has 0 saturated heterocycles. The van der Waals surface area contributed by atoms with Crippen LogP contribution in [0.3, 0.4) is 0 Å². The summed E-state index contributed by atoms with van der Waals surface area (Å²) in [7, 11) is 0. The molecule has 1 aromatic carbocycles. The summed E-state index contributed by atoms with van der Waals surface area (Å²) in [6.07, 6.45) is 3.48. The van der Waals surface area contributed by atoms with Crippen LogP contribution in [-0.4, -0.2) is 23.3 Å². The summed E-state index contributed by atoms with van der Waals surface area (Å²) in [5.74, 6) is 0.659. The Morgan fingerprint density at radius 3 is 2.70 bits per heavy atom. The number of urea groups is 1. The topological polar surface area (TPSA) is 61.4 Å². The van der Waals surface area contributed by atoms with Crippen molar-refractivity contribution in [3.63, 3.8) is 0 Å². The molecule has 110 valence electrons.